The fraction of sp³-hybridized carbons (Fsp3) is 0.263. The van der Waals surface area contributed by atoms with E-state index >= 15 is 0 Å². The zero-order valence-electron chi connectivity index (χ0n) is 14.8. The number of fused-ring (bicyclic) bond motifs is 1. The van der Waals surface area contributed by atoms with Crippen LogP contribution in [0.1, 0.15) is 23.4 Å². The van der Waals surface area contributed by atoms with Crippen molar-refractivity contribution >= 4 is 10.0 Å². The highest BCUT2D eigenvalue weighted by molar-refractivity contribution is 7.89. The molecule has 1 N–H and O–H groups in total. The maximum absolute atomic E-state index is 12.5. The topological polar surface area (TPSA) is 94.3 Å². The number of sulfonamides is 1. The Morgan fingerprint density at radius 3 is 2.81 bits per heavy atom. The van der Waals surface area contributed by atoms with Crippen LogP contribution in [0.4, 0.5) is 0 Å². The number of nitrogens with zero attached hydrogens (tertiary/aromatic N) is 2. The number of hydrogen-bond acceptors (Lipinski definition) is 6. The summed E-state index contributed by atoms with van der Waals surface area (Å²) < 4.78 is 38.4. The van der Waals surface area contributed by atoms with Crippen LogP contribution in [0, 0.1) is 0 Å². The Kier molecular flexibility index (Phi) is 4.67. The lowest BCUT2D eigenvalue weighted by molar-refractivity contribution is 0.414. The lowest BCUT2D eigenvalue weighted by Gasteiger charge is -2.07. The summed E-state index contributed by atoms with van der Waals surface area (Å²) in [6.07, 6.45) is 3.01. The highest BCUT2D eigenvalue weighted by Gasteiger charge is 2.19. The van der Waals surface area contributed by atoms with Gasteiger partial charge in [0.1, 0.15) is 5.75 Å². The van der Waals surface area contributed by atoms with E-state index in [0.717, 1.165) is 24.8 Å². The summed E-state index contributed by atoms with van der Waals surface area (Å²) in [5.41, 5.74) is 3.04. The molecule has 0 amide bonds. The molecule has 0 fully saturated rings. The first-order chi connectivity index (χ1) is 13.0. The molecule has 8 heteroatoms. The van der Waals surface area contributed by atoms with Crippen LogP contribution in [0.25, 0.3) is 11.5 Å². The fourth-order valence-corrected chi connectivity index (χ4v) is 4.18. The van der Waals surface area contributed by atoms with Crippen molar-refractivity contribution in [3.63, 3.8) is 0 Å². The van der Waals surface area contributed by atoms with E-state index in [1.165, 1.54) is 5.56 Å². The third kappa shape index (κ3) is 3.72. The van der Waals surface area contributed by atoms with Gasteiger partial charge in [0, 0.05) is 5.56 Å². The van der Waals surface area contributed by atoms with E-state index in [4.69, 9.17) is 9.15 Å². The number of aryl methyl sites for hydroxylation is 2. The van der Waals surface area contributed by atoms with E-state index in [1.807, 2.05) is 24.3 Å². The second-order valence-electron chi connectivity index (χ2n) is 6.34. The maximum atomic E-state index is 12.5. The first kappa shape index (κ1) is 17.7. The minimum atomic E-state index is -3.64. The van der Waals surface area contributed by atoms with Gasteiger partial charge in [-0.05, 0) is 60.7 Å². The molecule has 0 aliphatic heterocycles. The van der Waals surface area contributed by atoms with Crippen molar-refractivity contribution in [3.8, 4) is 17.2 Å². The lowest BCUT2D eigenvalue weighted by atomic mass is 10.1. The first-order valence-electron chi connectivity index (χ1n) is 8.63. The zero-order valence-corrected chi connectivity index (χ0v) is 15.6. The minimum Gasteiger partial charge on any atom is -0.497 e. The predicted molar refractivity (Wildman–Crippen MR) is 98.8 cm³/mol. The number of hydrogen-bond donors (Lipinski definition) is 1. The van der Waals surface area contributed by atoms with Crippen molar-refractivity contribution in [1.29, 1.82) is 0 Å². The SMILES string of the molecule is COc1cccc(-c2nnc(CNS(=O)(=O)c3ccc4c(c3)CCC4)o2)c1. The molecule has 0 saturated heterocycles. The summed E-state index contributed by atoms with van der Waals surface area (Å²) in [6, 6.07) is 12.5. The number of ether oxygens (including phenoxy) is 1. The van der Waals surface area contributed by atoms with E-state index in [-0.39, 0.29) is 17.3 Å². The van der Waals surface area contributed by atoms with Gasteiger partial charge in [-0.25, -0.2) is 13.1 Å². The van der Waals surface area contributed by atoms with E-state index in [0.29, 0.717) is 17.2 Å². The molecule has 1 aliphatic carbocycles. The summed E-state index contributed by atoms with van der Waals surface area (Å²) in [4.78, 5) is 0.260. The van der Waals surface area contributed by atoms with Gasteiger partial charge < -0.3 is 9.15 Å². The molecule has 7 nitrogen and oxygen atoms in total. The van der Waals surface area contributed by atoms with Crippen molar-refractivity contribution in [2.45, 2.75) is 30.7 Å². The molecule has 0 unspecified atom stereocenters. The second kappa shape index (κ2) is 7.13. The van der Waals surface area contributed by atoms with E-state index < -0.39 is 10.0 Å². The lowest BCUT2D eigenvalue weighted by Crippen LogP contribution is -2.23. The predicted octanol–water partition coefficient (Wildman–Crippen LogP) is 2.71. The molecule has 1 heterocycles. The summed E-state index contributed by atoms with van der Waals surface area (Å²) in [5, 5.41) is 7.89. The number of benzene rings is 2. The number of nitrogens with one attached hydrogen (secondary N) is 1. The molecule has 0 spiro atoms. The van der Waals surface area contributed by atoms with Crippen LogP contribution in [-0.2, 0) is 29.4 Å². The van der Waals surface area contributed by atoms with Gasteiger partial charge in [-0.3, -0.25) is 0 Å². The standard InChI is InChI=1S/C19H19N3O4S/c1-25-16-7-3-6-15(10-16)19-22-21-18(26-19)12-20-27(23,24)17-9-8-13-4-2-5-14(13)11-17/h3,6-11,20H,2,4-5,12H2,1H3. The van der Waals surface area contributed by atoms with Gasteiger partial charge in [0.2, 0.25) is 21.8 Å². The van der Waals surface area contributed by atoms with Crippen LogP contribution in [0.3, 0.4) is 0 Å². The monoisotopic (exact) mass is 385 g/mol. The average Bonchev–Trinajstić information content (AvgIpc) is 3.35. The van der Waals surface area contributed by atoms with Gasteiger partial charge in [0.15, 0.2) is 0 Å². The van der Waals surface area contributed by atoms with Gasteiger partial charge in [0.05, 0.1) is 18.6 Å². The molecule has 27 heavy (non-hydrogen) atoms. The van der Waals surface area contributed by atoms with E-state index in [9.17, 15) is 8.42 Å². The van der Waals surface area contributed by atoms with Gasteiger partial charge >= 0.3 is 0 Å². The third-order valence-electron chi connectivity index (χ3n) is 4.58. The van der Waals surface area contributed by atoms with E-state index in [1.54, 1.807) is 25.3 Å². The van der Waals surface area contributed by atoms with Crippen molar-refractivity contribution < 1.29 is 17.6 Å². The normalized spacial score (nSPS) is 13.5. The van der Waals surface area contributed by atoms with Crippen molar-refractivity contribution in [2.24, 2.45) is 0 Å². The fourth-order valence-electron chi connectivity index (χ4n) is 3.15. The summed E-state index contributed by atoms with van der Waals surface area (Å²) in [6.45, 7) is -0.0730. The molecule has 0 saturated carbocycles. The molecule has 0 radical (unpaired) electrons. The van der Waals surface area contributed by atoms with Crippen LogP contribution in [0.2, 0.25) is 0 Å². The quantitative estimate of drug-likeness (QED) is 0.701. The minimum absolute atomic E-state index is 0.0730. The Balaban J connectivity index is 1.48. The Labute approximate surface area is 157 Å². The largest absolute Gasteiger partial charge is 0.497 e. The highest BCUT2D eigenvalue weighted by atomic mass is 32.2. The molecule has 0 bridgehead atoms. The van der Waals surface area contributed by atoms with Crippen LogP contribution >= 0.6 is 0 Å². The molecular weight excluding hydrogens is 366 g/mol. The molecule has 3 aromatic rings. The maximum Gasteiger partial charge on any atom is 0.247 e. The molecule has 1 aromatic heterocycles. The molecular formula is C19H19N3O4S. The van der Waals surface area contributed by atoms with Crippen LogP contribution in [0.5, 0.6) is 5.75 Å². The van der Waals surface area contributed by atoms with Crippen LogP contribution < -0.4 is 9.46 Å². The van der Waals surface area contributed by atoms with Crippen molar-refractivity contribution in [1.82, 2.24) is 14.9 Å². The summed E-state index contributed by atoms with van der Waals surface area (Å²) in [7, 11) is -2.07. The first-order valence-corrected chi connectivity index (χ1v) is 10.1. The smallest absolute Gasteiger partial charge is 0.247 e. The molecule has 140 valence electrons. The van der Waals surface area contributed by atoms with Gasteiger partial charge in [-0.2, -0.15) is 0 Å². The third-order valence-corrected chi connectivity index (χ3v) is 5.98. The second-order valence-corrected chi connectivity index (χ2v) is 8.11. The van der Waals surface area contributed by atoms with Gasteiger partial charge in [-0.15, -0.1) is 10.2 Å². The Hall–Kier alpha value is -2.71. The highest BCUT2D eigenvalue weighted by Crippen LogP contribution is 2.25. The average molecular weight is 385 g/mol. The van der Waals surface area contributed by atoms with Crippen molar-refractivity contribution in [2.75, 3.05) is 7.11 Å². The van der Waals surface area contributed by atoms with Crippen LogP contribution in [0.15, 0.2) is 51.8 Å². The number of aromatic nitrogens is 2. The molecule has 4 rings (SSSR count). The van der Waals surface area contributed by atoms with Gasteiger partial charge in [-0.1, -0.05) is 12.1 Å². The molecule has 0 atom stereocenters. The van der Waals surface area contributed by atoms with Crippen LogP contribution in [-0.4, -0.2) is 25.7 Å². The Morgan fingerprint density at radius 1 is 1.11 bits per heavy atom. The van der Waals surface area contributed by atoms with Crippen molar-refractivity contribution in [3.05, 3.63) is 59.5 Å². The number of methoxy groups -OCH3 is 1. The molecule has 2 aromatic carbocycles. The van der Waals surface area contributed by atoms with E-state index in [2.05, 4.69) is 14.9 Å². The Bertz CT molecular complexity index is 1080. The number of rotatable bonds is 6. The molecule has 1 aliphatic rings. The zero-order chi connectivity index (χ0) is 18.9. The Morgan fingerprint density at radius 2 is 1.96 bits per heavy atom. The van der Waals surface area contributed by atoms with Gasteiger partial charge in [0.25, 0.3) is 0 Å². The summed E-state index contributed by atoms with van der Waals surface area (Å²) >= 11 is 0. The summed E-state index contributed by atoms with van der Waals surface area (Å²) in [5.74, 6) is 1.17.